The van der Waals surface area contributed by atoms with Gasteiger partial charge in [0, 0.05) is 5.56 Å². The number of sulfonamides is 1. The molecular weight excluding hydrogens is 366 g/mol. The molecule has 1 aromatic heterocycles. The Morgan fingerprint density at radius 2 is 1.85 bits per heavy atom. The lowest BCUT2D eigenvalue weighted by Crippen LogP contribution is -2.24. The molecule has 1 N–H and O–H groups in total. The molecule has 0 aliphatic heterocycles. The molecular formula is C19H21N3O4S. The molecule has 3 aromatic rings. The maximum Gasteiger partial charge on any atom is 0.242 e. The van der Waals surface area contributed by atoms with Gasteiger partial charge in [-0.25, -0.2) is 13.1 Å². The third-order valence-corrected chi connectivity index (χ3v) is 5.52. The summed E-state index contributed by atoms with van der Waals surface area (Å²) in [5, 5.41) is 3.89. The highest BCUT2D eigenvalue weighted by atomic mass is 32.2. The minimum Gasteiger partial charge on any atom is -0.494 e. The second kappa shape index (κ2) is 7.89. The Morgan fingerprint density at radius 1 is 1.11 bits per heavy atom. The van der Waals surface area contributed by atoms with Gasteiger partial charge in [0.1, 0.15) is 5.75 Å². The van der Waals surface area contributed by atoms with Crippen LogP contribution in [0.15, 0.2) is 51.9 Å². The summed E-state index contributed by atoms with van der Waals surface area (Å²) < 4.78 is 38.5. The summed E-state index contributed by atoms with van der Waals surface area (Å²) in [6.07, 6.45) is 0. The third-order valence-electron chi connectivity index (χ3n) is 3.98. The predicted molar refractivity (Wildman–Crippen MR) is 101 cm³/mol. The lowest BCUT2D eigenvalue weighted by molar-refractivity contribution is 0.337. The van der Waals surface area contributed by atoms with E-state index in [0.29, 0.717) is 23.7 Å². The van der Waals surface area contributed by atoms with Crippen LogP contribution in [0.5, 0.6) is 5.75 Å². The van der Waals surface area contributed by atoms with E-state index in [1.165, 1.54) is 0 Å². The summed E-state index contributed by atoms with van der Waals surface area (Å²) in [4.78, 5) is 4.43. The van der Waals surface area contributed by atoms with Crippen molar-refractivity contribution < 1.29 is 17.7 Å². The fraction of sp³-hybridized carbons (Fsp3) is 0.263. The molecule has 142 valence electrons. The Balaban J connectivity index is 1.76. The number of rotatable bonds is 7. The molecule has 0 fully saturated rings. The molecule has 7 nitrogen and oxygen atoms in total. The average Bonchev–Trinajstić information content (AvgIpc) is 3.13. The molecule has 2 aromatic carbocycles. The van der Waals surface area contributed by atoms with Crippen LogP contribution < -0.4 is 9.46 Å². The maximum absolute atomic E-state index is 12.7. The van der Waals surface area contributed by atoms with Crippen molar-refractivity contribution in [1.29, 1.82) is 0 Å². The molecule has 0 aliphatic carbocycles. The number of hydrogen-bond acceptors (Lipinski definition) is 6. The van der Waals surface area contributed by atoms with Crippen molar-refractivity contribution in [3.05, 3.63) is 59.5 Å². The predicted octanol–water partition coefficient (Wildman–Crippen LogP) is 3.23. The van der Waals surface area contributed by atoms with Crippen molar-refractivity contribution in [2.45, 2.75) is 32.2 Å². The standard InChI is InChI=1S/C19H21N3O4S/c1-4-25-16-10-14(3)17(11-13(16)2)27(23,24)20-12-18-21-19(22-26-18)15-8-6-5-7-9-15/h5-11,20H,4,12H2,1-3H3. The van der Waals surface area contributed by atoms with Gasteiger partial charge < -0.3 is 9.26 Å². The van der Waals surface area contributed by atoms with Gasteiger partial charge in [0.25, 0.3) is 0 Å². The van der Waals surface area contributed by atoms with Crippen LogP contribution in [0.3, 0.4) is 0 Å². The monoisotopic (exact) mass is 387 g/mol. The first-order valence-corrected chi connectivity index (χ1v) is 10.0. The topological polar surface area (TPSA) is 94.3 Å². The zero-order chi connectivity index (χ0) is 19.4. The second-order valence-corrected chi connectivity index (χ2v) is 7.75. The van der Waals surface area contributed by atoms with E-state index in [4.69, 9.17) is 9.26 Å². The van der Waals surface area contributed by atoms with Gasteiger partial charge in [-0.2, -0.15) is 4.98 Å². The van der Waals surface area contributed by atoms with Gasteiger partial charge in [-0.15, -0.1) is 0 Å². The van der Waals surface area contributed by atoms with Crippen molar-refractivity contribution >= 4 is 10.0 Å². The molecule has 0 amide bonds. The Bertz CT molecular complexity index is 1030. The molecule has 27 heavy (non-hydrogen) atoms. The van der Waals surface area contributed by atoms with Crippen LogP contribution in [-0.4, -0.2) is 25.2 Å². The molecule has 0 spiro atoms. The Hall–Kier alpha value is -2.71. The summed E-state index contributed by atoms with van der Waals surface area (Å²) in [6, 6.07) is 12.7. The molecule has 0 unspecified atom stereocenters. The van der Waals surface area contributed by atoms with Crippen LogP contribution in [-0.2, 0) is 16.6 Å². The molecule has 1 heterocycles. The van der Waals surface area contributed by atoms with Gasteiger partial charge in [0.15, 0.2) is 0 Å². The summed E-state index contributed by atoms with van der Waals surface area (Å²) in [6.45, 7) is 5.86. The smallest absolute Gasteiger partial charge is 0.242 e. The van der Waals surface area contributed by atoms with E-state index in [-0.39, 0.29) is 17.3 Å². The molecule has 8 heteroatoms. The second-order valence-electron chi connectivity index (χ2n) is 6.02. The summed E-state index contributed by atoms with van der Waals surface area (Å²) in [7, 11) is -3.73. The van der Waals surface area contributed by atoms with E-state index in [0.717, 1.165) is 11.1 Å². The number of nitrogens with zero attached hydrogens (tertiary/aromatic N) is 2. The third kappa shape index (κ3) is 4.35. The van der Waals surface area contributed by atoms with Crippen LogP contribution in [0, 0.1) is 13.8 Å². The van der Waals surface area contributed by atoms with E-state index in [1.54, 1.807) is 19.1 Å². The zero-order valence-corrected chi connectivity index (χ0v) is 16.2. The molecule has 0 bridgehead atoms. The van der Waals surface area contributed by atoms with E-state index in [2.05, 4.69) is 14.9 Å². The molecule has 0 saturated heterocycles. The number of aryl methyl sites for hydroxylation is 2. The van der Waals surface area contributed by atoms with Gasteiger partial charge in [0.05, 0.1) is 18.0 Å². The number of ether oxygens (including phenoxy) is 1. The highest BCUT2D eigenvalue weighted by Crippen LogP contribution is 2.26. The van der Waals surface area contributed by atoms with E-state index < -0.39 is 10.0 Å². The van der Waals surface area contributed by atoms with E-state index in [9.17, 15) is 8.42 Å². The van der Waals surface area contributed by atoms with Crippen molar-refractivity contribution in [2.75, 3.05) is 6.61 Å². The normalized spacial score (nSPS) is 11.5. The molecule has 0 aliphatic rings. The highest BCUT2D eigenvalue weighted by Gasteiger charge is 2.20. The molecule has 0 radical (unpaired) electrons. The van der Waals surface area contributed by atoms with Crippen LogP contribution in [0.25, 0.3) is 11.4 Å². The Morgan fingerprint density at radius 3 is 2.56 bits per heavy atom. The average molecular weight is 387 g/mol. The van der Waals surface area contributed by atoms with Crippen LogP contribution in [0.2, 0.25) is 0 Å². The van der Waals surface area contributed by atoms with Crippen molar-refractivity contribution in [3.8, 4) is 17.1 Å². The molecule has 3 rings (SSSR count). The van der Waals surface area contributed by atoms with Crippen molar-refractivity contribution in [1.82, 2.24) is 14.9 Å². The Labute approximate surface area is 158 Å². The fourth-order valence-electron chi connectivity index (χ4n) is 2.63. The summed E-state index contributed by atoms with van der Waals surface area (Å²) in [5.74, 6) is 1.29. The first-order valence-electron chi connectivity index (χ1n) is 8.52. The van der Waals surface area contributed by atoms with Gasteiger partial charge in [0.2, 0.25) is 21.7 Å². The van der Waals surface area contributed by atoms with Crippen LogP contribution in [0.1, 0.15) is 23.9 Å². The minimum atomic E-state index is -3.73. The van der Waals surface area contributed by atoms with Crippen molar-refractivity contribution in [3.63, 3.8) is 0 Å². The van der Waals surface area contributed by atoms with Gasteiger partial charge in [-0.1, -0.05) is 35.5 Å². The lowest BCUT2D eigenvalue weighted by atomic mass is 10.1. The van der Waals surface area contributed by atoms with Gasteiger partial charge in [-0.05, 0) is 44.0 Å². The SMILES string of the molecule is CCOc1cc(C)c(S(=O)(=O)NCc2nc(-c3ccccc3)no2)cc1C. The van der Waals surface area contributed by atoms with Crippen LogP contribution in [0.4, 0.5) is 0 Å². The number of hydrogen-bond donors (Lipinski definition) is 1. The van der Waals surface area contributed by atoms with E-state index >= 15 is 0 Å². The zero-order valence-electron chi connectivity index (χ0n) is 15.4. The maximum atomic E-state index is 12.7. The number of benzene rings is 2. The van der Waals surface area contributed by atoms with Gasteiger partial charge in [-0.3, -0.25) is 0 Å². The van der Waals surface area contributed by atoms with Crippen molar-refractivity contribution in [2.24, 2.45) is 0 Å². The lowest BCUT2D eigenvalue weighted by Gasteiger charge is -2.13. The minimum absolute atomic E-state index is 0.0894. The first kappa shape index (κ1) is 19.1. The van der Waals surface area contributed by atoms with Gasteiger partial charge >= 0.3 is 0 Å². The first-order chi connectivity index (χ1) is 12.9. The van der Waals surface area contributed by atoms with Crippen LogP contribution >= 0.6 is 0 Å². The molecule has 0 atom stereocenters. The summed E-state index contributed by atoms with van der Waals surface area (Å²) >= 11 is 0. The number of aromatic nitrogens is 2. The highest BCUT2D eigenvalue weighted by molar-refractivity contribution is 7.89. The fourth-order valence-corrected chi connectivity index (χ4v) is 3.91. The largest absolute Gasteiger partial charge is 0.494 e. The van der Waals surface area contributed by atoms with E-state index in [1.807, 2.05) is 44.2 Å². The summed E-state index contributed by atoms with van der Waals surface area (Å²) in [5.41, 5.74) is 2.16. The molecule has 0 saturated carbocycles. The Kier molecular flexibility index (Phi) is 5.57. The quantitative estimate of drug-likeness (QED) is 0.669. The number of nitrogens with one attached hydrogen (secondary N) is 1.